The van der Waals surface area contributed by atoms with Crippen molar-refractivity contribution >= 4 is 59.0 Å². The smallest absolute Gasteiger partial charge is 0.233 e. The highest BCUT2D eigenvalue weighted by molar-refractivity contribution is 9.10. The molecule has 84 valence electrons. The maximum absolute atomic E-state index is 10.7. The summed E-state index contributed by atoms with van der Waals surface area (Å²) >= 11 is 10.4. The second kappa shape index (κ2) is 5.72. The second-order valence-electron chi connectivity index (χ2n) is 2.53. The number of nitrogens with zero attached hydrogens (tertiary/aromatic N) is 1. The van der Waals surface area contributed by atoms with Crippen molar-refractivity contribution in [3.63, 3.8) is 0 Å². The Kier molecular flexibility index (Phi) is 5.18. The molecule has 0 radical (unpaired) electrons. The molecule has 1 heterocycles. The van der Waals surface area contributed by atoms with E-state index >= 15 is 0 Å². The predicted octanol–water partition coefficient (Wildman–Crippen LogP) is 3.16. The molecule has 0 fully saturated rings. The standard InChI is InChI=1S/C7H6BrCl2NO2S2/c8-5-3-6(9)7(11-4-5)14-1-2-15(10,12)13/h3-4H,1-2H2. The van der Waals surface area contributed by atoms with Gasteiger partial charge in [-0.2, -0.15) is 0 Å². The molecule has 0 aliphatic rings. The first-order valence-corrected chi connectivity index (χ1v) is 8.38. The molecule has 3 nitrogen and oxygen atoms in total. The predicted molar refractivity (Wildman–Crippen MR) is 67.3 cm³/mol. The third-order valence-electron chi connectivity index (χ3n) is 1.34. The first-order valence-electron chi connectivity index (χ1n) is 3.74. The van der Waals surface area contributed by atoms with E-state index in [1.807, 2.05) is 0 Å². The molecular weight excluding hydrogens is 345 g/mol. The molecular formula is C7H6BrCl2NO2S2. The van der Waals surface area contributed by atoms with Gasteiger partial charge in [-0.05, 0) is 22.0 Å². The van der Waals surface area contributed by atoms with E-state index in [1.54, 1.807) is 12.3 Å². The van der Waals surface area contributed by atoms with Crippen molar-refractivity contribution in [3.8, 4) is 0 Å². The normalized spacial score (nSPS) is 11.7. The summed E-state index contributed by atoms with van der Waals surface area (Å²) in [6, 6.07) is 1.70. The van der Waals surface area contributed by atoms with E-state index < -0.39 is 9.05 Å². The number of aromatic nitrogens is 1. The van der Waals surface area contributed by atoms with E-state index in [4.69, 9.17) is 22.3 Å². The fourth-order valence-electron chi connectivity index (χ4n) is 0.746. The molecule has 1 aromatic rings. The van der Waals surface area contributed by atoms with Gasteiger partial charge in [0.15, 0.2) is 0 Å². The van der Waals surface area contributed by atoms with Crippen LogP contribution in [-0.2, 0) is 9.05 Å². The number of hydrogen-bond acceptors (Lipinski definition) is 4. The summed E-state index contributed by atoms with van der Waals surface area (Å²) in [5, 5.41) is 1.08. The minimum absolute atomic E-state index is 0.104. The molecule has 15 heavy (non-hydrogen) atoms. The van der Waals surface area contributed by atoms with Crippen LogP contribution in [0, 0.1) is 0 Å². The highest BCUT2D eigenvalue weighted by Gasteiger charge is 2.08. The average molecular weight is 351 g/mol. The van der Waals surface area contributed by atoms with Gasteiger partial charge < -0.3 is 0 Å². The molecule has 0 saturated carbocycles. The fraction of sp³-hybridized carbons (Fsp3) is 0.286. The number of thioether (sulfide) groups is 1. The third kappa shape index (κ3) is 5.40. The van der Waals surface area contributed by atoms with E-state index in [0.29, 0.717) is 15.8 Å². The molecule has 0 N–H and O–H groups in total. The van der Waals surface area contributed by atoms with Crippen LogP contribution < -0.4 is 0 Å². The van der Waals surface area contributed by atoms with Crippen LogP contribution in [-0.4, -0.2) is 24.9 Å². The van der Waals surface area contributed by atoms with E-state index in [9.17, 15) is 8.42 Å². The minimum atomic E-state index is -3.44. The van der Waals surface area contributed by atoms with Gasteiger partial charge in [0, 0.05) is 27.1 Å². The SMILES string of the molecule is O=S(=O)(Cl)CCSc1ncc(Br)cc1Cl. The zero-order valence-corrected chi connectivity index (χ0v) is 12.0. The molecule has 0 aromatic carbocycles. The minimum Gasteiger partial charge on any atom is -0.247 e. The Morgan fingerprint density at radius 2 is 2.20 bits per heavy atom. The largest absolute Gasteiger partial charge is 0.247 e. The Morgan fingerprint density at radius 1 is 1.53 bits per heavy atom. The molecule has 0 saturated heterocycles. The quantitative estimate of drug-likeness (QED) is 0.618. The molecule has 0 amide bonds. The van der Waals surface area contributed by atoms with Crippen LogP contribution in [0.2, 0.25) is 5.02 Å². The van der Waals surface area contributed by atoms with Crippen LogP contribution >= 0.6 is 50.0 Å². The molecule has 0 unspecified atom stereocenters. The zero-order chi connectivity index (χ0) is 11.5. The Bertz CT molecular complexity index is 452. The van der Waals surface area contributed by atoms with Gasteiger partial charge in [-0.15, -0.1) is 11.8 Å². The summed E-state index contributed by atoms with van der Waals surface area (Å²) in [6.45, 7) is 0. The summed E-state index contributed by atoms with van der Waals surface area (Å²) in [5.41, 5.74) is 0. The maximum Gasteiger partial charge on any atom is 0.233 e. The van der Waals surface area contributed by atoms with Crippen LogP contribution in [0.3, 0.4) is 0 Å². The van der Waals surface area contributed by atoms with Gasteiger partial charge in [-0.25, -0.2) is 13.4 Å². The molecule has 1 rings (SSSR count). The Hall–Kier alpha value is 0.510. The lowest BCUT2D eigenvalue weighted by Crippen LogP contribution is -1.99. The highest BCUT2D eigenvalue weighted by Crippen LogP contribution is 2.27. The van der Waals surface area contributed by atoms with Crippen molar-refractivity contribution in [2.24, 2.45) is 0 Å². The van der Waals surface area contributed by atoms with Crippen LogP contribution in [0.1, 0.15) is 0 Å². The van der Waals surface area contributed by atoms with Crippen molar-refractivity contribution in [1.82, 2.24) is 4.98 Å². The van der Waals surface area contributed by atoms with Gasteiger partial charge in [0.2, 0.25) is 9.05 Å². The highest BCUT2D eigenvalue weighted by atomic mass is 79.9. The van der Waals surface area contributed by atoms with Crippen molar-refractivity contribution in [3.05, 3.63) is 21.8 Å². The van der Waals surface area contributed by atoms with Crippen LogP contribution in [0.5, 0.6) is 0 Å². The van der Waals surface area contributed by atoms with Crippen LogP contribution in [0.25, 0.3) is 0 Å². The Morgan fingerprint density at radius 3 is 2.73 bits per heavy atom. The second-order valence-corrected chi connectivity index (χ2v) is 7.83. The monoisotopic (exact) mass is 349 g/mol. The molecule has 0 aliphatic carbocycles. The van der Waals surface area contributed by atoms with Crippen LogP contribution in [0.15, 0.2) is 21.8 Å². The van der Waals surface area contributed by atoms with Crippen molar-refractivity contribution in [1.29, 1.82) is 0 Å². The van der Waals surface area contributed by atoms with E-state index in [-0.39, 0.29) is 5.75 Å². The van der Waals surface area contributed by atoms with Gasteiger partial charge in [-0.3, -0.25) is 0 Å². The average Bonchev–Trinajstić information content (AvgIpc) is 2.07. The van der Waals surface area contributed by atoms with Gasteiger partial charge in [0.25, 0.3) is 0 Å². The molecule has 0 atom stereocenters. The van der Waals surface area contributed by atoms with E-state index in [2.05, 4.69) is 20.9 Å². The van der Waals surface area contributed by atoms with Crippen molar-refractivity contribution in [2.75, 3.05) is 11.5 Å². The summed E-state index contributed by atoms with van der Waals surface area (Å²) < 4.78 is 22.1. The third-order valence-corrected chi connectivity index (χ3v) is 4.59. The summed E-state index contributed by atoms with van der Waals surface area (Å²) in [5.74, 6) is 0.230. The van der Waals surface area contributed by atoms with E-state index in [0.717, 1.165) is 4.47 Å². The first kappa shape index (κ1) is 13.6. The molecule has 0 bridgehead atoms. The van der Waals surface area contributed by atoms with Crippen molar-refractivity contribution in [2.45, 2.75) is 5.03 Å². The number of rotatable bonds is 4. The number of hydrogen-bond donors (Lipinski definition) is 0. The number of pyridine rings is 1. The molecule has 1 aromatic heterocycles. The summed E-state index contributed by atoms with van der Waals surface area (Å²) in [7, 11) is 1.62. The summed E-state index contributed by atoms with van der Waals surface area (Å²) in [4.78, 5) is 4.04. The summed E-state index contributed by atoms with van der Waals surface area (Å²) in [6.07, 6.45) is 1.60. The maximum atomic E-state index is 10.7. The van der Waals surface area contributed by atoms with Gasteiger partial charge >= 0.3 is 0 Å². The van der Waals surface area contributed by atoms with Gasteiger partial charge in [0.05, 0.1) is 10.8 Å². The Balaban J connectivity index is 2.59. The lowest BCUT2D eigenvalue weighted by atomic mass is 10.5. The fourth-order valence-corrected chi connectivity index (χ4v) is 3.75. The van der Waals surface area contributed by atoms with Gasteiger partial charge in [0.1, 0.15) is 5.03 Å². The molecule has 0 aliphatic heterocycles. The van der Waals surface area contributed by atoms with Crippen LogP contribution in [0.4, 0.5) is 0 Å². The van der Waals surface area contributed by atoms with Crippen molar-refractivity contribution < 1.29 is 8.42 Å². The van der Waals surface area contributed by atoms with E-state index in [1.165, 1.54) is 11.8 Å². The lowest BCUT2D eigenvalue weighted by molar-refractivity contribution is 0.611. The molecule has 0 spiro atoms. The topological polar surface area (TPSA) is 47.0 Å². The Labute approximate surface area is 110 Å². The zero-order valence-electron chi connectivity index (χ0n) is 7.28. The molecule has 8 heteroatoms. The number of halogens is 3. The van der Waals surface area contributed by atoms with Gasteiger partial charge in [-0.1, -0.05) is 11.6 Å². The first-order chi connectivity index (χ1) is 6.88. The lowest BCUT2D eigenvalue weighted by Gasteiger charge is -2.01.